The Labute approximate surface area is 120 Å². The molecule has 1 rings (SSSR count). The Bertz CT molecular complexity index is 417. The Morgan fingerprint density at radius 1 is 1.32 bits per heavy atom. The van der Waals surface area contributed by atoms with Crippen LogP contribution in [0.5, 0.6) is 0 Å². The van der Waals surface area contributed by atoms with Gasteiger partial charge in [0.05, 0.1) is 0 Å². The highest BCUT2D eigenvalue weighted by Gasteiger charge is 2.08. The highest BCUT2D eigenvalue weighted by atomic mass is 32.2. The lowest BCUT2D eigenvalue weighted by atomic mass is 10.2. The number of amides is 1. The van der Waals surface area contributed by atoms with Crippen molar-refractivity contribution in [1.29, 1.82) is 0 Å². The Morgan fingerprint density at radius 2 is 2.00 bits per heavy atom. The van der Waals surface area contributed by atoms with Crippen LogP contribution in [0.25, 0.3) is 0 Å². The van der Waals surface area contributed by atoms with Crippen LogP contribution in [-0.4, -0.2) is 29.6 Å². The number of anilines is 1. The first-order chi connectivity index (χ1) is 9.08. The van der Waals surface area contributed by atoms with Crippen molar-refractivity contribution in [1.82, 2.24) is 4.90 Å². The first-order valence-corrected chi connectivity index (χ1v) is 7.83. The quantitative estimate of drug-likeness (QED) is 0.473. The third-order valence-corrected chi connectivity index (χ3v) is 4.25. The molecular formula is C15H24N2OS. The lowest BCUT2D eigenvalue weighted by Crippen LogP contribution is -2.30. The third kappa shape index (κ3) is 5.15. The molecule has 0 unspecified atom stereocenters. The van der Waals surface area contributed by atoms with E-state index >= 15 is 0 Å². The molecule has 0 saturated heterocycles. The normalized spacial score (nSPS) is 10.5. The highest BCUT2D eigenvalue weighted by molar-refractivity contribution is 7.99. The molecule has 1 aromatic carbocycles. The van der Waals surface area contributed by atoms with E-state index in [1.54, 1.807) is 11.8 Å². The van der Waals surface area contributed by atoms with Crippen molar-refractivity contribution in [3.63, 3.8) is 0 Å². The molecule has 0 aliphatic heterocycles. The molecule has 1 aromatic rings. The lowest BCUT2D eigenvalue weighted by molar-refractivity contribution is -0.130. The monoisotopic (exact) mass is 280 g/mol. The van der Waals surface area contributed by atoms with E-state index in [1.807, 2.05) is 31.7 Å². The Hall–Kier alpha value is -1.16. The first-order valence-electron chi connectivity index (χ1n) is 6.85. The van der Waals surface area contributed by atoms with E-state index in [2.05, 4.69) is 12.1 Å². The topological polar surface area (TPSA) is 46.3 Å². The molecule has 0 aliphatic rings. The van der Waals surface area contributed by atoms with Gasteiger partial charge in [-0.05, 0) is 50.6 Å². The van der Waals surface area contributed by atoms with Gasteiger partial charge >= 0.3 is 0 Å². The van der Waals surface area contributed by atoms with Gasteiger partial charge in [0.1, 0.15) is 0 Å². The van der Waals surface area contributed by atoms with E-state index in [4.69, 9.17) is 5.73 Å². The second kappa shape index (κ2) is 8.10. The predicted octanol–water partition coefficient (Wildman–Crippen LogP) is 3.32. The van der Waals surface area contributed by atoms with Crippen molar-refractivity contribution < 1.29 is 4.79 Å². The summed E-state index contributed by atoms with van der Waals surface area (Å²) in [5, 5.41) is 0. The lowest BCUT2D eigenvalue weighted by Gasteiger charge is -2.18. The fourth-order valence-corrected chi connectivity index (χ4v) is 2.84. The summed E-state index contributed by atoms with van der Waals surface area (Å²) >= 11 is 1.73. The minimum Gasteiger partial charge on any atom is -0.398 e. The highest BCUT2D eigenvalue weighted by Crippen LogP contribution is 2.26. The first kappa shape index (κ1) is 15.9. The van der Waals surface area contributed by atoms with Gasteiger partial charge in [0.2, 0.25) is 5.91 Å². The van der Waals surface area contributed by atoms with E-state index in [-0.39, 0.29) is 5.91 Å². The number of carbonyl (C=O) groups excluding carboxylic acids is 1. The van der Waals surface area contributed by atoms with Crippen LogP contribution >= 0.6 is 11.8 Å². The fraction of sp³-hybridized carbons (Fsp3) is 0.533. The maximum absolute atomic E-state index is 11.8. The molecule has 0 atom stereocenters. The second-order valence-corrected chi connectivity index (χ2v) is 5.70. The molecule has 0 bridgehead atoms. The van der Waals surface area contributed by atoms with Crippen LogP contribution in [0.4, 0.5) is 5.69 Å². The number of thioether (sulfide) groups is 1. The molecule has 19 heavy (non-hydrogen) atoms. The molecule has 2 N–H and O–H groups in total. The van der Waals surface area contributed by atoms with Gasteiger partial charge in [-0.3, -0.25) is 4.79 Å². The molecule has 3 nitrogen and oxygen atoms in total. The van der Waals surface area contributed by atoms with Crippen LogP contribution in [0.2, 0.25) is 0 Å². The molecule has 0 fully saturated rings. The molecule has 0 spiro atoms. The van der Waals surface area contributed by atoms with Gasteiger partial charge in [0.25, 0.3) is 0 Å². The fourth-order valence-electron chi connectivity index (χ4n) is 1.94. The number of hydrogen-bond acceptors (Lipinski definition) is 3. The van der Waals surface area contributed by atoms with Crippen LogP contribution in [0.3, 0.4) is 0 Å². The summed E-state index contributed by atoms with van der Waals surface area (Å²) in [5.41, 5.74) is 7.97. The summed E-state index contributed by atoms with van der Waals surface area (Å²) in [4.78, 5) is 14.8. The smallest absolute Gasteiger partial charge is 0.222 e. The predicted molar refractivity (Wildman–Crippen MR) is 83.5 cm³/mol. The standard InChI is InChI=1S/C15H24N2OS/c1-4-17(5-2)15(18)7-6-10-19-14-9-8-12(3)11-13(14)16/h8-9,11H,4-7,10,16H2,1-3H3. The van der Waals surface area contributed by atoms with Gasteiger partial charge in [0.15, 0.2) is 0 Å². The maximum atomic E-state index is 11.8. The van der Waals surface area contributed by atoms with Crippen molar-refractivity contribution in [3.8, 4) is 0 Å². The zero-order valence-electron chi connectivity index (χ0n) is 12.1. The number of nitrogens with two attached hydrogens (primary N) is 1. The van der Waals surface area contributed by atoms with Crippen molar-refractivity contribution >= 4 is 23.4 Å². The van der Waals surface area contributed by atoms with E-state index in [1.165, 1.54) is 5.56 Å². The minimum absolute atomic E-state index is 0.252. The number of carbonyl (C=O) groups is 1. The summed E-state index contributed by atoms with van der Waals surface area (Å²) in [6, 6.07) is 6.12. The zero-order valence-corrected chi connectivity index (χ0v) is 12.9. The molecule has 106 valence electrons. The Morgan fingerprint density at radius 3 is 2.58 bits per heavy atom. The van der Waals surface area contributed by atoms with Crippen LogP contribution in [-0.2, 0) is 4.79 Å². The Kier molecular flexibility index (Phi) is 6.78. The zero-order chi connectivity index (χ0) is 14.3. The number of benzene rings is 1. The maximum Gasteiger partial charge on any atom is 0.222 e. The van der Waals surface area contributed by atoms with Crippen LogP contribution in [0.15, 0.2) is 23.1 Å². The van der Waals surface area contributed by atoms with Crippen molar-refractivity contribution in [2.75, 3.05) is 24.6 Å². The SMILES string of the molecule is CCN(CC)C(=O)CCCSc1ccc(C)cc1N. The van der Waals surface area contributed by atoms with E-state index < -0.39 is 0 Å². The summed E-state index contributed by atoms with van der Waals surface area (Å²) < 4.78 is 0. The molecule has 4 heteroatoms. The van der Waals surface area contributed by atoms with Gasteiger partial charge in [-0.25, -0.2) is 0 Å². The van der Waals surface area contributed by atoms with Crippen molar-refractivity contribution in [2.45, 2.75) is 38.5 Å². The van der Waals surface area contributed by atoms with Crippen LogP contribution in [0.1, 0.15) is 32.3 Å². The average Bonchev–Trinajstić information content (AvgIpc) is 2.38. The molecule has 0 heterocycles. The van der Waals surface area contributed by atoms with Crippen LogP contribution in [0, 0.1) is 6.92 Å². The molecule has 0 saturated carbocycles. The summed E-state index contributed by atoms with van der Waals surface area (Å²) in [7, 11) is 0. The van der Waals surface area contributed by atoms with E-state index in [9.17, 15) is 4.79 Å². The second-order valence-electron chi connectivity index (χ2n) is 4.56. The number of rotatable bonds is 7. The average molecular weight is 280 g/mol. The molecular weight excluding hydrogens is 256 g/mol. The van der Waals surface area contributed by atoms with Crippen LogP contribution < -0.4 is 5.73 Å². The van der Waals surface area contributed by atoms with Gasteiger partial charge in [-0.1, -0.05) is 6.07 Å². The largest absolute Gasteiger partial charge is 0.398 e. The van der Waals surface area contributed by atoms with Gasteiger partial charge in [-0.2, -0.15) is 0 Å². The number of nitrogens with zero attached hydrogens (tertiary/aromatic N) is 1. The summed E-state index contributed by atoms with van der Waals surface area (Å²) in [6.45, 7) is 7.67. The van der Waals surface area contributed by atoms with Crippen molar-refractivity contribution in [3.05, 3.63) is 23.8 Å². The van der Waals surface area contributed by atoms with E-state index in [0.29, 0.717) is 6.42 Å². The minimum atomic E-state index is 0.252. The van der Waals surface area contributed by atoms with E-state index in [0.717, 1.165) is 35.8 Å². The molecule has 0 radical (unpaired) electrons. The Balaban J connectivity index is 2.33. The number of hydrogen-bond donors (Lipinski definition) is 1. The van der Waals surface area contributed by atoms with Gasteiger partial charge in [0, 0.05) is 30.1 Å². The van der Waals surface area contributed by atoms with Gasteiger partial charge in [-0.15, -0.1) is 11.8 Å². The van der Waals surface area contributed by atoms with Crippen molar-refractivity contribution in [2.24, 2.45) is 0 Å². The summed E-state index contributed by atoms with van der Waals surface area (Å²) in [5.74, 6) is 1.18. The third-order valence-electron chi connectivity index (χ3n) is 3.07. The van der Waals surface area contributed by atoms with Gasteiger partial charge < -0.3 is 10.6 Å². The molecule has 0 aromatic heterocycles. The number of nitrogen functional groups attached to an aromatic ring is 1. The number of aryl methyl sites for hydroxylation is 1. The molecule has 0 aliphatic carbocycles. The summed E-state index contributed by atoms with van der Waals surface area (Å²) in [6.07, 6.45) is 1.52. The molecule has 1 amide bonds.